The molecule has 0 nitrogen and oxygen atoms in total. The highest BCUT2D eigenvalue weighted by atomic mass is 32.1. The molecule has 0 saturated carbocycles. The molecular weight excluding hydrogens is 1380 g/mol. The van der Waals surface area contributed by atoms with Gasteiger partial charge in [-0.3, -0.25) is 0 Å². The van der Waals surface area contributed by atoms with Gasteiger partial charge in [-0.2, -0.15) is 0 Å². The molecule has 20 aromatic carbocycles. The minimum absolute atomic E-state index is 1.20. The quantitative estimate of drug-likeness (QED) is 0.140. The molecule has 0 fully saturated rings. The van der Waals surface area contributed by atoms with Gasteiger partial charge < -0.3 is 0 Å². The van der Waals surface area contributed by atoms with Gasteiger partial charge in [-0.15, -0.1) is 45.3 Å². The topological polar surface area (TPSA) is 0 Å². The molecule has 108 heavy (non-hydrogen) atoms. The average molecular weight is 1440 g/mol. The molecule has 498 valence electrons. The molecule has 0 saturated heterocycles. The first-order chi connectivity index (χ1) is 53.6. The van der Waals surface area contributed by atoms with E-state index < -0.39 is 0 Å². The average Bonchev–Trinajstić information content (AvgIpc) is 1.02. The van der Waals surface area contributed by atoms with E-state index in [0.717, 1.165) is 0 Å². The molecule has 24 aromatic rings. The Kier molecular flexibility index (Phi) is 13.1. The van der Waals surface area contributed by atoms with Gasteiger partial charge in [0.1, 0.15) is 0 Å². The predicted molar refractivity (Wildman–Crippen MR) is 476 cm³/mol. The third-order valence-corrected chi connectivity index (χ3v) is 28.0. The summed E-state index contributed by atoms with van der Waals surface area (Å²) in [5.41, 5.74) is 17.4. The first kappa shape index (κ1) is 60.6. The zero-order valence-corrected chi connectivity index (χ0v) is 61.4. The maximum atomic E-state index is 2.52. The summed E-state index contributed by atoms with van der Waals surface area (Å²) in [4.78, 5) is 0. The Bertz CT molecular complexity index is 7950. The van der Waals surface area contributed by atoms with Crippen LogP contribution >= 0.6 is 45.3 Å². The molecule has 0 aliphatic heterocycles. The Balaban J connectivity index is 0.659. The lowest BCUT2D eigenvalue weighted by Gasteiger charge is -2.20. The molecule has 0 unspecified atom stereocenters. The molecule has 0 atom stereocenters. The first-order valence-corrected chi connectivity index (χ1v) is 40.4. The fourth-order valence-corrected chi connectivity index (χ4v) is 23.7. The van der Waals surface area contributed by atoms with Crippen molar-refractivity contribution in [3.63, 3.8) is 0 Å². The molecule has 0 bridgehead atoms. The second-order valence-electron chi connectivity index (χ2n) is 29.0. The van der Waals surface area contributed by atoms with Crippen LogP contribution in [0.2, 0.25) is 0 Å². The Morgan fingerprint density at radius 2 is 0.556 bits per heavy atom. The van der Waals surface area contributed by atoms with Crippen LogP contribution in [0.3, 0.4) is 0 Å². The summed E-state index contributed by atoms with van der Waals surface area (Å²) >= 11 is 7.68. The van der Waals surface area contributed by atoms with Crippen LogP contribution < -0.4 is 0 Å². The highest BCUT2D eigenvalue weighted by molar-refractivity contribution is 7.28. The van der Waals surface area contributed by atoms with Crippen LogP contribution in [0, 0.1) is 0 Å². The normalized spacial score (nSPS) is 12.3. The van der Waals surface area contributed by atoms with Crippen LogP contribution in [0.25, 0.3) is 245 Å². The largest absolute Gasteiger partial charge is 0.135 e. The van der Waals surface area contributed by atoms with E-state index in [-0.39, 0.29) is 0 Å². The number of thiophene rings is 4. The Hall–Kier alpha value is -12.6. The predicted octanol–water partition coefficient (Wildman–Crippen LogP) is 32.1. The minimum atomic E-state index is 1.20. The summed E-state index contributed by atoms with van der Waals surface area (Å²) in [6, 6.07) is 134. The van der Waals surface area contributed by atoms with Crippen molar-refractivity contribution >= 4 is 212 Å². The third kappa shape index (κ3) is 8.83. The van der Waals surface area contributed by atoms with Crippen molar-refractivity contribution in [2.45, 2.75) is 0 Å². The lowest BCUT2D eigenvalue weighted by molar-refractivity contribution is 1.63. The van der Waals surface area contributed by atoms with E-state index in [4.69, 9.17) is 0 Å². The molecule has 4 heteroatoms. The van der Waals surface area contributed by atoms with Gasteiger partial charge in [-0.25, -0.2) is 0 Å². The van der Waals surface area contributed by atoms with E-state index in [0.29, 0.717) is 0 Å². The van der Waals surface area contributed by atoms with E-state index in [1.54, 1.807) is 0 Å². The van der Waals surface area contributed by atoms with Crippen molar-refractivity contribution in [3.05, 3.63) is 352 Å². The molecule has 24 rings (SSSR count). The van der Waals surface area contributed by atoms with Crippen molar-refractivity contribution < 1.29 is 0 Å². The zero-order valence-electron chi connectivity index (χ0n) is 58.1. The van der Waals surface area contributed by atoms with E-state index in [1.165, 1.54) is 245 Å². The fraction of sp³-hybridized carbons (Fsp3) is 0. The monoisotopic (exact) mass is 1430 g/mol. The first-order valence-electron chi connectivity index (χ1n) is 37.1. The van der Waals surface area contributed by atoms with Crippen LogP contribution in [-0.2, 0) is 0 Å². The smallest absolute Gasteiger partial charge is 0.0446 e. The molecule has 0 N–H and O–H groups in total. The van der Waals surface area contributed by atoms with Crippen LogP contribution in [-0.4, -0.2) is 0 Å². The molecule has 0 aliphatic carbocycles. The molecule has 4 aromatic heterocycles. The Labute approximate surface area is 636 Å². The zero-order chi connectivity index (χ0) is 70.4. The fourth-order valence-electron chi connectivity index (χ4n) is 18.9. The summed E-state index contributed by atoms with van der Waals surface area (Å²) in [5, 5.41) is 30.8. The minimum Gasteiger partial charge on any atom is -0.135 e. The van der Waals surface area contributed by atoms with Crippen LogP contribution in [0.15, 0.2) is 352 Å². The lowest BCUT2D eigenvalue weighted by Crippen LogP contribution is -1.93. The maximum Gasteiger partial charge on any atom is 0.0446 e. The van der Waals surface area contributed by atoms with Crippen molar-refractivity contribution in [1.82, 2.24) is 0 Å². The second kappa shape index (κ2) is 23.4. The highest BCUT2D eigenvalue weighted by Gasteiger charge is 2.26. The molecule has 0 aliphatic rings. The number of benzene rings is 20. The number of rotatable bonds is 7. The van der Waals surface area contributed by atoms with Gasteiger partial charge in [-0.05, 0) is 214 Å². The molecular formula is C104H58S4. The summed E-state index contributed by atoms with van der Waals surface area (Å²) < 4.78 is 10.5. The molecule has 0 spiro atoms. The van der Waals surface area contributed by atoms with E-state index >= 15 is 0 Å². The Morgan fingerprint density at radius 1 is 0.139 bits per heavy atom. The van der Waals surface area contributed by atoms with Crippen LogP contribution in [0.5, 0.6) is 0 Å². The van der Waals surface area contributed by atoms with E-state index in [9.17, 15) is 0 Å². The van der Waals surface area contributed by atoms with Crippen molar-refractivity contribution in [2.75, 3.05) is 0 Å². The third-order valence-electron chi connectivity index (χ3n) is 23.4. The van der Waals surface area contributed by atoms with Gasteiger partial charge in [-0.1, -0.05) is 291 Å². The highest BCUT2D eigenvalue weighted by Crippen LogP contribution is 2.55. The summed E-state index contributed by atoms with van der Waals surface area (Å²) in [5.74, 6) is 0. The lowest BCUT2D eigenvalue weighted by atomic mass is 9.83. The van der Waals surface area contributed by atoms with Gasteiger partial charge in [0.25, 0.3) is 0 Å². The summed E-state index contributed by atoms with van der Waals surface area (Å²) in [6.07, 6.45) is 0. The number of hydrogen-bond donors (Lipinski definition) is 0. The number of hydrogen-bond acceptors (Lipinski definition) is 4. The summed E-state index contributed by atoms with van der Waals surface area (Å²) in [6.45, 7) is 0. The standard InChI is InChI=1S/C104H58S4/c1-2-28-66-59(22-1)23-19-43-71(66)97-77-34-7-3-30-73(77)94(74-31-4-8-35-78(74)97)63-26-17-24-60(54-63)61-48-52-91-87(56-61)102-92(105-91)53-49-65-57-86(100-83-39-13-16-47-90(83)108-104(100)96(65)102)69-42-20-41-68-67(69)40-21-44-72(68)98-79-36-9-5-32-75(79)95(76-33-6-10-37-80(76)98)64-27-18-25-62(55-64)85-58-93-99(82-38-12-15-46-89(82)106-93)84-51-50-81-70-29-11-14-45-88(70)107-103(81)101(84)85/h1-58H. The van der Waals surface area contributed by atoms with Crippen molar-refractivity contribution in [2.24, 2.45) is 0 Å². The maximum absolute atomic E-state index is 2.52. The van der Waals surface area contributed by atoms with Gasteiger partial charge in [0.05, 0.1) is 0 Å². The number of fused-ring (bicyclic) bond motifs is 24. The van der Waals surface area contributed by atoms with Crippen LogP contribution in [0.1, 0.15) is 0 Å². The molecule has 0 amide bonds. The van der Waals surface area contributed by atoms with Gasteiger partial charge in [0.15, 0.2) is 0 Å². The van der Waals surface area contributed by atoms with Gasteiger partial charge in [0, 0.05) is 91.5 Å². The second-order valence-corrected chi connectivity index (χ2v) is 33.3. The van der Waals surface area contributed by atoms with Crippen LogP contribution in [0.4, 0.5) is 0 Å². The Morgan fingerprint density at radius 3 is 1.21 bits per heavy atom. The van der Waals surface area contributed by atoms with Gasteiger partial charge >= 0.3 is 0 Å². The summed E-state index contributed by atoms with van der Waals surface area (Å²) in [7, 11) is 0. The van der Waals surface area contributed by atoms with Gasteiger partial charge in [0.2, 0.25) is 0 Å². The molecule has 0 radical (unpaired) electrons. The van der Waals surface area contributed by atoms with Crippen molar-refractivity contribution in [3.8, 4) is 77.9 Å². The van der Waals surface area contributed by atoms with E-state index in [1.807, 2.05) is 45.3 Å². The van der Waals surface area contributed by atoms with E-state index in [2.05, 4.69) is 352 Å². The molecule has 4 heterocycles. The van der Waals surface area contributed by atoms with Crippen molar-refractivity contribution in [1.29, 1.82) is 0 Å². The SMILES string of the molecule is c1cc(-c2ccc3sc4ccc5cc(-c6cccc7c(-c8c9ccccc9c(-c9cccc(-c%10cc%11sc%12ccccc%12c%11c%11ccc%12c%13ccccc%13sc%12c%10%11)c9)c9ccccc89)cccc67)c6c7ccccc7sc6c5c4c3c2)cc(-c2c3ccccc3c(-c3cccc4ccccc34)c3ccccc23)c1.